The number of halogens is 2. The van der Waals surface area contributed by atoms with Gasteiger partial charge in [-0.1, -0.05) is 60.1 Å². The van der Waals surface area contributed by atoms with E-state index in [2.05, 4.69) is 22.0 Å². The monoisotopic (exact) mass is 578 g/mol. The first kappa shape index (κ1) is 28.1. The molecule has 0 saturated heterocycles. The zero-order valence-corrected chi connectivity index (χ0v) is 24.1. The van der Waals surface area contributed by atoms with Crippen LogP contribution in [0.15, 0.2) is 83.9 Å². The fourth-order valence-electron chi connectivity index (χ4n) is 5.20. The van der Waals surface area contributed by atoms with E-state index in [1.165, 1.54) is 11.6 Å². The molecule has 0 amide bonds. The van der Waals surface area contributed by atoms with Crippen molar-refractivity contribution in [2.45, 2.75) is 50.7 Å². The maximum absolute atomic E-state index is 14.1. The standard InChI is InChI=1S/C31H32ClFN4O2S/c1-21-7-6-10-31-27(21)20-36(40(38,39)26-14-11-22(2)28(32)16-26)19-25(13-12-23-8-4-3-5-9-23)37(31)18-24-15-30(34)29(33)17-35-24/h3-11,14-17,25H,12-13,18-20H2,1-2H3,(H2,34,35). The number of rotatable bonds is 7. The largest absolute Gasteiger partial charge is 0.396 e. The molecule has 208 valence electrons. The van der Waals surface area contributed by atoms with Gasteiger partial charge >= 0.3 is 0 Å². The van der Waals surface area contributed by atoms with Crippen molar-refractivity contribution >= 4 is 33.0 Å². The minimum absolute atomic E-state index is 0.0329. The number of anilines is 2. The van der Waals surface area contributed by atoms with Gasteiger partial charge in [0.2, 0.25) is 10.0 Å². The first-order valence-electron chi connectivity index (χ1n) is 13.2. The van der Waals surface area contributed by atoms with Crippen LogP contribution >= 0.6 is 11.6 Å². The molecule has 2 N–H and O–H groups in total. The molecule has 0 fully saturated rings. The van der Waals surface area contributed by atoms with Crippen molar-refractivity contribution in [3.8, 4) is 0 Å². The number of nitrogens with zero attached hydrogens (tertiary/aromatic N) is 3. The first-order chi connectivity index (χ1) is 19.1. The lowest BCUT2D eigenvalue weighted by atomic mass is 10.0. The van der Waals surface area contributed by atoms with Crippen LogP contribution in [-0.2, 0) is 29.5 Å². The number of aryl methyl sites for hydroxylation is 3. The van der Waals surface area contributed by atoms with Crippen LogP contribution in [0.4, 0.5) is 15.8 Å². The van der Waals surface area contributed by atoms with Crippen molar-refractivity contribution in [3.63, 3.8) is 0 Å². The van der Waals surface area contributed by atoms with Gasteiger partial charge in [0, 0.05) is 29.8 Å². The molecular formula is C31H32ClFN4O2S. The van der Waals surface area contributed by atoms with Crippen LogP contribution in [0.1, 0.15) is 34.4 Å². The highest BCUT2D eigenvalue weighted by atomic mass is 35.5. The van der Waals surface area contributed by atoms with E-state index in [0.29, 0.717) is 23.7 Å². The van der Waals surface area contributed by atoms with Crippen LogP contribution in [0, 0.1) is 19.7 Å². The van der Waals surface area contributed by atoms with Gasteiger partial charge in [0.1, 0.15) is 0 Å². The maximum Gasteiger partial charge on any atom is 0.243 e. The molecular weight excluding hydrogens is 547 g/mol. The van der Waals surface area contributed by atoms with Crippen LogP contribution in [0.2, 0.25) is 5.02 Å². The first-order valence-corrected chi connectivity index (χ1v) is 15.0. The second-order valence-electron chi connectivity index (χ2n) is 10.3. The summed E-state index contributed by atoms with van der Waals surface area (Å²) in [5, 5.41) is 0.412. The van der Waals surface area contributed by atoms with Crippen molar-refractivity contribution in [3.05, 3.63) is 118 Å². The van der Waals surface area contributed by atoms with Crippen molar-refractivity contribution < 1.29 is 12.8 Å². The van der Waals surface area contributed by atoms with E-state index in [0.717, 1.165) is 35.0 Å². The molecule has 3 aromatic carbocycles. The van der Waals surface area contributed by atoms with Gasteiger partial charge in [0.25, 0.3) is 0 Å². The number of sulfonamides is 1. The van der Waals surface area contributed by atoms with E-state index in [1.54, 1.807) is 22.5 Å². The summed E-state index contributed by atoms with van der Waals surface area (Å²) in [6.45, 7) is 4.66. The molecule has 0 radical (unpaired) electrons. The molecule has 1 aliphatic heterocycles. The number of hydrogen-bond acceptors (Lipinski definition) is 5. The molecule has 1 atom stereocenters. The Hall–Kier alpha value is -3.46. The summed E-state index contributed by atoms with van der Waals surface area (Å²) in [7, 11) is -3.87. The van der Waals surface area contributed by atoms with Gasteiger partial charge in [0.05, 0.1) is 29.0 Å². The van der Waals surface area contributed by atoms with Gasteiger partial charge in [-0.25, -0.2) is 12.8 Å². The summed E-state index contributed by atoms with van der Waals surface area (Å²) in [5.41, 5.74) is 11.3. The van der Waals surface area contributed by atoms with Gasteiger partial charge in [-0.15, -0.1) is 0 Å². The SMILES string of the molecule is Cc1ccc(S(=O)(=O)N2Cc3c(C)cccc3N(Cc3cc(N)c(F)cn3)C(CCc3ccccc3)C2)cc1Cl. The fourth-order valence-corrected chi connectivity index (χ4v) is 6.92. The summed E-state index contributed by atoms with van der Waals surface area (Å²) < 4.78 is 43.6. The molecule has 40 heavy (non-hydrogen) atoms. The van der Waals surface area contributed by atoms with Crippen molar-refractivity contribution in [2.24, 2.45) is 0 Å². The number of pyridine rings is 1. The number of nitrogens with two attached hydrogens (primary N) is 1. The normalized spacial score (nSPS) is 16.0. The predicted octanol–water partition coefficient (Wildman–Crippen LogP) is 6.29. The Balaban J connectivity index is 1.59. The Morgan fingerprint density at radius 3 is 2.52 bits per heavy atom. The molecule has 1 aliphatic rings. The van der Waals surface area contributed by atoms with Crippen LogP contribution in [0.5, 0.6) is 0 Å². The average molecular weight is 579 g/mol. The lowest BCUT2D eigenvalue weighted by Crippen LogP contribution is -2.43. The molecule has 1 unspecified atom stereocenters. The van der Waals surface area contributed by atoms with Crippen molar-refractivity contribution in [1.29, 1.82) is 0 Å². The minimum Gasteiger partial charge on any atom is -0.396 e. The van der Waals surface area contributed by atoms with Crippen molar-refractivity contribution in [2.75, 3.05) is 17.2 Å². The Morgan fingerprint density at radius 2 is 1.80 bits per heavy atom. The number of fused-ring (bicyclic) bond motifs is 1. The van der Waals surface area contributed by atoms with E-state index < -0.39 is 15.8 Å². The number of benzene rings is 3. The maximum atomic E-state index is 14.1. The predicted molar refractivity (Wildman–Crippen MR) is 158 cm³/mol. The van der Waals surface area contributed by atoms with Crippen LogP contribution < -0.4 is 10.6 Å². The van der Waals surface area contributed by atoms with Gasteiger partial charge in [-0.3, -0.25) is 4.98 Å². The number of aromatic nitrogens is 1. The zero-order chi connectivity index (χ0) is 28.4. The molecule has 6 nitrogen and oxygen atoms in total. The second-order valence-corrected chi connectivity index (χ2v) is 12.6. The smallest absolute Gasteiger partial charge is 0.243 e. The van der Waals surface area contributed by atoms with E-state index in [1.807, 2.05) is 50.2 Å². The lowest BCUT2D eigenvalue weighted by Gasteiger charge is -2.34. The zero-order valence-electron chi connectivity index (χ0n) is 22.5. The Labute approximate surface area is 240 Å². The molecule has 0 spiro atoms. The summed E-state index contributed by atoms with van der Waals surface area (Å²) in [4.78, 5) is 6.67. The average Bonchev–Trinajstić information content (AvgIpc) is 3.10. The highest BCUT2D eigenvalue weighted by Crippen LogP contribution is 2.35. The van der Waals surface area contributed by atoms with Crippen LogP contribution in [0.3, 0.4) is 0 Å². The van der Waals surface area contributed by atoms with Crippen LogP contribution in [0.25, 0.3) is 0 Å². The minimum atomic E-state index is -3.87. The van der Waals surface area contributed by atoms with E-state index in [9.17, 15) is 12.8 Å². The molecule has 0 saturated carbocycles. The lowest BCUT2D eigenvalue weighted by molar-refractivity contribution is 0.369. The fraction of sp³-hybridized carbons (Fsp3) is 0.258. The molecule has 1 aromatic heterocycles. The van der Waals surface area contributed by atoms with E-state index in [-0.39, 0.29) is 29.7 Å². The Morgan fingerprint density at radius 1 is 1.02 bits per heavy atom. The molecule has 9 heteroatoms. The third kappa shape index (κ3) is 5.84. The molecule has 2 heterocycles. The summed E-state index contributed by atoms with van der Waals surface area (Å²) in [5.74, 6) is -0.564. The highest BCUT2D eigenvalue weighted by Gasteiger charge is 2.35. The second kappa shape index (κ2) is 11.6. The Bertz CT molecular complexity index is 1630. The van der Waals surface area contributed by atoms with Gasteiger partial charge < -0.3 is 10.6 Å². The van der Waals surface area contributed by atoms with Crippen molar-refractivity contribution in [1.82, 2.24) is 9.29 Å². The highest BCUT2D eigenvalue weighted by molar-refractivity contribution is 7.89. The molecule has 5 rings (SSSR count). The topological polar surface area (TPSA) is 79.5 Å². The summed E-state index contributed by atoms with van der Waals surface area (Å²) in [6, 6.07) is 22.3. The van der Waals surface area contributed by atoms with Gasteiger partial charge in [-0.2, -0.15) is 4.31 Å². The van der Waals surface area contributed by atoms with Crippen LogP contribution in [-0.4, -0.2) is 30.3 Å². The van der Waals surface area contributed by atoms with Gasteiger partial charge in [0.15, 0.2) is 5.82 Å². The third-order valence-electron chi connectivity index (χ3n) is 7.55. The van der Waals surface area contributed by atoms with E-state index in [4.69, 9.17) is 17.3 Å². The third-order valence-corrected chi connectivity index (χ3v) is 9.76. The van der Waals surface area contributed by atoms with E-state index >= 15 is 0 Å². The van der Waals surface area contributed by atoms with Gasteiger partial charge in [-0.05, 0) is 73.2 Å². The summed E-state index contributed by atoms with van der Waals surface area (Å²) >= 11 is 6.35. The Kier molecular flexibility index (Phi) is 8.12. The molecule has 0 bridgehead atoms. The molecule has 0 aliphatic carbocycles. The molecule has 4 aromatic rings. The number of hydrogen-bond donors (Lipinski definition) is 1. The quantitative estimate of drug-likeness (QED) is 0.279. The number of nitrogen functional groups attached to an aromatic ring is 1. The summed E-state index contributed by atoms with van der Waals surface area (Å²) in [6.07, 6.45) is 2.58.